The summed E-state index contributed by atoms with van der Waals surface area (Å²) in [5, 5.41) is 13.0. The Morgan fingerprint density at radius 3 is 2.74 bits per heavy atom. The molecule has 1 heterocycles. The van der Waals surface area contributed by atoms with Crippen LogP contribution >= 0.6 is 12.2 Å². The van der Waals surface area contributed by atoms with E-state index in [1.807, 2.05) is 49.4 Å². The second-order valence-corrected chi connectivity index (χ2v) is 5.87. The zero-order valence-electron chi connectivity index (χ0n) is 12.5. The molecule has 0 aliphatic heterocycles. The van der Waals surface area contributed by atoms with Crippen molar-refractivity contribution < 1.29 is 4.79 Å². The summed E-state index contributed by atoms with van der Waals surface area (Å²) in [5.41, 5.74) is 2.01. The lowest BCUT2D eigenvalue weighted by Crippen LogP contribution is -2.49. The van der Waals surface area contributed by atoms with E-state index in [-0.39, 0.29) is 11.0 Å². The van der Waals surface area contributed by atoms with Crippen LogP contribution in [0, 0.1) is 0 Å². The average Bonchev–Trinajstić information content (AvgIpc) is 2.94. The van der Waals surface area contributed by atoms with Gasteiger partial charge in [-0.25, -0.2) is 0 Å². The van der Waals surface area contributed by atoms with Gasteiger partial charge in [0.05, 0.1) is 17.4 Å². The number of benzene rings is 1. The van der Waals surface area contributed by atoms with Gasteiger partial charge < -0.3 is 5.32 Å². The highest BCUT2D eigenvalue weighted by atomic mass is 32.1. The molecule has 3 rings (SSSR count). The van der Waals surface area contributed by atoms with E-state index in [1.165, 1.54) is 0 Å². The zero-order chi connectivity index (χ0) is 16.3. The number of aromatic amines is 1. The Morgan fingerprint density at radius 1 is 1.22 bits per heavy atom. The summed E-state index contributed by atoms with van der Waals surface area (Å²) in [6.45, 7) is 1.97. The fourth-order valence-electron chi connectivity index (χ4n) is 2.27. The number of hydrogen-bond acceptors (Lipinski definition) is 3. The molecule has 5 nitrogen and oxygen atoms in total. The van der Waals surface area contributed by atoms with Crippen LogP contribution in [-0.2, 0) is 0 Å². The number of carbonyl (C=O) groups excluding carboxylic acids is 1. The maximum atomic E-state index is 12.1. The topological polar surface area (TPSA) is 69.8 Å². The highest BCUT2D eigenvalue weighted by Gasteiger charge is 2.21. The third-order valence-corrected chi connectivity index (χ3v) is 3.76. The Kier molecular flexibility index (Phi) is 4.08. The van der Waals surface area contributed by atoms with E-state index >= 15 is 0 Å². The van der Waals surface area contributed by atoms with Crippen LogP contribution in [0.4, 0.5) is 0 Å². The molecule has 1 amide bonds. The van der Waals surface area contributed by atoms with Crippen LogP contribution in [0.5, 0.6) is 0 Å². The fourth-order valence-corrected chi connectivity index (χ4v) is 2.58. The molecule has 0 saturated heterocycles. The number of H-pyrrole nitrogens is 1. The molecule has 0 saturated carbocycles. The molecule has 1 aromatic heterocycles. The van der Waals surface area contributed by atoms with E-state index < -0.39 is 5.54 Å². The smallest absolute Gasteiger partial charge is 0.257 e. The lowest BCUT2D eigenvalue weighted by Gasteiger charge is -2.25. The van der Waals surface area contributed by atoms with Crippen molar-refractivity contribution in [3.8, 4) is 0 Å². The van der Waals surface area contributed by atoms with Gasteiger partial charge in [-0.05, 0) is 37.4 Å². The van der Waals surface area contributed by atoms with Gasteiger partial charge in [-0.1, -0.05) is 36.4 Å². The molecule has 2 aromatic rings. The molecule has 3 N–H and O–H groups in total. The predicted octanol–water partition coefficient (Wildman–Crippen LogP) is 2.51. The summed E-state index contributed by atoms with van der Waals surface area (Å²) in [5.74, 6) is -0.234. The maximum absolute atomic E-state index is 12.1. The molecule has 1 aliphatic rings. The molecule has 1 aromatic carbocycles. The monoisotopic (exact) mass is 324 g/mol. The molecule has 6 heteroatoms. The molecular weight excluding hydrogens is 308 g/mol. The number of hydrogen-bond donors (Lipinski definition) is 3. The van der Waals surface area contributed by atoms with Crippen molar-refractivity contribution >= 4 is 35.4 Å². The van der Waals surface area contributed by atoms with Gasteiger partial charge in [0, 0.05) is 11.1 Å². The first-order chi connectivity index (χ1) is 11.1. The minimum Gasteiger partial charge on any atom is -0.350 e. The van der Waals surface area contributed by atoms with E-state index in [2.05, 4.69) is 20.8 Å². The standard InChI is InChI=1S/C17H16N4OS/c1-17(9-7-13-11-18-21-14(13)8-10-17)20-16(23)19-15(22)12-5-3-2-4-6-12/h2-11H,1H3,(H,18,21)(H2,19,20,22,23). The summed E-state index contributed by atoms with van der Waals surface area (Å²) in [4.78, 5) is 12.1. The first-order valence-corrected chi connectivity index (χ1v) is 7.57. The summed E-state index contributed by atoms with van der Waals surface area (Å²) < 4.78 is 0. The van der Waals surface area contributed by atoms with Crippen LogP contribution in [0.1, 0.15) is 28.5 Å². The van der Waals surface area contributed by atoms with Gasteiger partial charge in [-0.3, -0.25) is 15.2 Å². The molecule has 23 heavy (non-hydrogen) atoms. The van der Waals surface area contributed by atoms with Gasteiger partial charge in [-0.2, -0.15) is 5.10 Å². The molecule has 0 fully saturated rings. The minimum atomic E-state index is -0.499. The van der Waals surface area contributed by atoms with Crippen molar-refractivity contribution in [2.75, 3.05) is 0 Å². The lowest BCUT2D eigenvalue weighted by molar-refractivity contribution is 0.0976. The van der Waals surface area contributed by atoms with E-state index in [4.69, 9.17) is 12.2 Å². The lowest BCUT2D eigenvalue weighted by atomic mass is 10.0. The fraction of sp³-hybridized carbons (Fsp3) is 0.118. The van der Waals surface area contributed by atoms with E-state index in [0.717, 1.165) is 11.3 Å². The second-order valence-electron chi connectivity index (χ2n) is 5.46. The Hall–Kier alpha value is -2.73. The SMILES string of the molecule is CC1(NC(=S)NC(=O)c2ccccc2)C=Cc2cn[nH]c2C=C1. The van der Waals surface area contributed by atoms with Crippen LogP contribution in [-0.4, -0.2) is 26.8 Å². The van der Waals surface area contributed by atoms with Crippen molar-refractivity contribution in [1.82, 2.24) is 20.8 Å². The van der Waals surface area contributed by atoms with Crippen molar-refractivity contribution in [2.24, 2.45) is 0 Å². The highest BCUT2D eigenvalue weighted by Crippen LogP contribution is 2.20. The summed E-state index contributed by atoms with van der Waals surface area (Å²) >= 11 is 5.26. The molecule has 1 aliphatic carbocycles. The van der Waals surface area contributed by atoms with Gasteiger partial charge in [0.1, 0.15) is 0 Å². The van der Waals surface area contributed by atoms with Gasteiger partial charge in [0.2, 0.25) is 0 Å². The molecular formula is C17H16N4OS. The van der Waals surface area contributed by atoms with Crippen LogP contribution < -0.4 is 10.6 Å². The van der Waals surface area contributed by atoms with Crippen LogP contribution in [0.15, 0.2) is 48.7 Å². The van der Waals surface area contributed by atoms with Crippen molar-refractivity contribution in [3.63, 3.8) is 0 Å². The third kappa shape index (κ3) is 3.54. The molecule has 116 valence electrons. The van der Waals surface area contributed by atoms with Crippen LogP contribution in [0.25, 0.3) is 12.2 Å². The van der Waals surface area contributed by atoms with E-state index in [9.17, 15) is 4.79 Å². The number of amides is 1. The van der Waals surface area contributed by atoms with Gasteiger partial charge >= 0.3 is 0 Å². The molecule has 0 bridgehead atoms. The van der Waals surface area contributed by atoms with Crippen molar-refractivity contribution in [1.29, 1.82) is 0 Å². The maximum Gasteiger partial charge on any atom is 0.257 e. The Morgan fingerprint density at radius 2 is 1.96 bits per heavy atom. The van der Waals surface area contributed by atoms with Gasteiger partial charge in [0.15, 0.2) is 5.11 Å². The third-order valence-electron chi connectivity index (χ3n) is 3.55. The Bertz CT molecular complexity index is 763. The number of carbonyl (C=O) groups is 1. The number of nitrogens with zero attached hydrogens (tertiary/aromatic N) is 1. The largest absolute Gasteiger partial charge is 0.350 e. The average molecular weight is 324 g/mol. The zero-order valence-corrected chi connectivity index (χ0v) is 13.4. The molecule has 0 spiro atoms. The molecule has 1 atom stereocenters. The van der Waals surface area contributed by atoms with Gasteiger partial charge in [0.25, 0.3) is 5.91 Å². The number of nitrogens with one attached hydrogen (secondary N) is 3. The van der Waals surface area contributed by atoms with Gasteiger partial charge in [-0.15, -0.1) is 0 Å². The summed E-state index contributed by atoms with van der Waals surface area (Å²) in [6.07, 6.45) is 9.61. The first-order valence-electron chi connectivity index (χ1n) is 7.16. The summed E-state index contributed by atoms with van der Waals surface area (Å²) in [7, 11) is 0. The molecule has 0 radical (unpaired) electrons. The van der Waals surface area contributed by atoms with E-state index in [1.54, 1.807) is 18.3 Å². The van der Waals surface area contributed by atoms with Crippen LogP contribution in [0.2, 0.25) is 0 Å². The number of rotatable bonds is 2. The first kappa shape index (κ1) is 15.2. The van der Waals surface area contributed by atoms with Crippen molar-refractivity contribution in [3.05, 3.63) is 65.5 Å². The second kappa shape index (κ2) is 6.18. The number of aromatic nitrogens is 2. The van der Waals surface area contributed by atoms with E-state index in [0.29, 0.717) is 5.56 Å². The number of fused-ring (bicyclic) bond motifs is 1. The Labute approximate surface area is 139 Å². The minimum absolute atomic E-state index is 0.234. The number of thiocarbonyl (C=S) groups is 1. The highest BCUT2D eigenvalue weighted by molar-refractivity contribution is 7.80. The Balaban J connectivity index is 1.67. The normalized spacial score (nSPS) is 18.8. The summed E-state index contributed by atoms with van der Waals surface area (Å²) in [6, 6.07) is 8.96. The predicted molar refractivity (Wildman–Crippen MR) is 94.7 cm³/mol. The molecule has 1 unspecified atom stereocenters. The van der Waals surface area contributed by atoms with Crippen LogP contribution in [0.3, 0.4) is 0 Å². The quantitative estimate of drug-likeness (QED) is 0.743. The van der Waals surface area contributed by atoms with Crippen molar-refractivity contribution in [2.45, 2.75) is 12.5 Å².